The highest BCUT2D eigenvalue weighted by molar-refractivity contribution is 5.99. The van der Waals surface area contributed by atoms with E-state index in [1.54, 1.807) is 23.1 Å². The van der Waals surface area contributed by atoms with Crippen molar-refractivity contribution in [3.8, 4) is 0 Å². The average molecular weight is 328 g/mol. The minimum absolute atomic E-state index is 0.0424. The van der Waals surface area contributed by atoms with E-state index in [1.807, 2.05) is 12.4 Å². The number of hydrogen-bond acceptors (Lipinski definition) is 3. The fraction of sp³-hybridized carbons (Fsp3) is 0.444. The molecule has 0 aliphatic carbocycles. The summed E-state index contributed by atoms with van der Waals surface area (Å²) in [6.45, 7) is 2.31. The van der Waals surface area contributed by atoms with Crippen LogP contribution in [0.4, 0.5) is 10.1 Å². The maximum Gasteiger partial charge on any atom is 0.244 e. The van der Waals surface area contributed by atoms with Gasteiger partial charge in [0, 0.05) is 37.9 Å². The monoisotopic (exact) mass is 328 g/mol. The minimum Gasteiger partial charge on any atom is -0.335 e. The average Bonchev–Trinajstić information content (AvgIpc) is 3.21. The molecule has 1 N–H and O–H groups in total. The van der Waals surface area contributed by atoms with E-state index in [9.17, 15) is 9.18 Å². The van der Waals surface area contributed by atoms with Crippen molar-refractivity contribution in [2.45, 2.75) is 37.8 Å². The van der Waals surface area contributed by atoms with Gasteiger partial charge in [0.1, 0.15) is 11.6 Å². The summed E-state index contributed by atoms with van der Waals surface area (Å²) in [6, 6.07) is 6.21. The van der Waals surface area contributed by atoms with E-state index >= 15 is 0 Å². The SMILES string of the molecule is O=C1[C@@H](NC[C@H]2CCCn3ccnc32)CCN1c1ccccc1F. The molecule has 2 atom stereocenters. The minimum atomic E-state index is -0.346. The maximum atomic E-state index is 13.9. The first-order valence-corrected chi connectivity index (χ1v) is 8.54. The zero-order chi connectivity index (χ0) is 16.5. The zero-order valence-corrected chi connectivity index (χ0v) is 13.5. The third kappa shape index (κ3) is 2.71. The number of para-hydroxylation sites is 1. The number of fused-ring (bicyclic) bond motifs is 1. The van der Waals surface area contributed by atoms with Gasteiger partial charge >= 0.3 is 0 Å². The van der Waals surface area contributed by atoms with Gasteiger partial charge in [-0.3, -0.25) is 4.79 Å². The molecule has 1 saturated heterocycles. The largest absolute Gasteiger partial charge is 0.335 e. The number of rotatable bonds is 4. The molecular formula is C18H21FN4O. The molecule has 1 aromatic heterocycles. The summed E-state index contributed by atoms with van der Waals surface area (Å²) in [5.74, 6) is 1.05. The molecule has 0 saturated carbocycles. The van der Waals surface area contributed by atoms with Crippen LogP contribution in [0.3, 0.4) is 0 Å². The van der Waals surface area contributed by atoms with Gasteiger partial charge in [0.25, 0.3) is 0 Å². The first-order valence-electron chi connectivity index (χ1n) is 8.54. The number of imidazole rings is 1. The number of carbonyl (C=O) groups excluding carboxylic acids is 1. The second kappa shape index (κ2) is 6.36. The summed E-state index contributed by atoms with van der Waals surface area (Å²) in [4.78, 5) is 18.6. The van der Waals surface area contributed by atoms with Crippen LogP contribution in [0.25, 0.3) is 0 Å². The van der Waals surface area contributed by atoms with Gasteiger partial charge in [-0.1, -0.05) is 12.1 Å². The lowest BCUT2D eigenvalue weighted by molar-refractivity contribution is -0.118. The van der Waals surface area contributed by atoms with Gasteiger partial charge in [0.2, 0.25) is 5.91 Å². The number of amides is 1. The Bertz CT molecular complexity index is 744. The van der Waals surface area contributed by atoms with Crippen LogP contribution >= 0.6 is 0 Å². The van der Waals surface area contributed by atoms with E-state index in [1.165, 1.54) is 6.07 Å². The predicted octanol–water partition coefficient (Wildman–Crippen LogP) is 2.29. The number of anilines is 1. The number of nitrogens with one attached hydrogen (secondary N) is 1. The van der Waals surface area contributed by atoms with Crippen LogP contribution in [-0.2, 0) is 11.3 Å². The molecule has 4 rings (SSSR count). The van der Waals surface area contributed by atoms with Crippen molar-refractivity contribution in [3.05, 3.63) is 48.3 Å². The summed E-state index contributed by atoms with van der Waals surface area (Å²) < 4.78 is 16.1. The van der Waals surface area contributed by atoms with Gasteiger partial charge in [-0.05, 0) is 31.4 Å². The van der Waals surface area contributed by atoms with Gasteiger partial charge in [0.15, 0.2) is 0 Å². The lowest BCUT2D eigenvalue weighted by atomic mass is 9.98. The van der Waals surface area contributed by atoms with Crippen molar-refractivity contribution >= 4 is 11.6 Å². The molecule has 0 radical (unpaired) electrons. The molecule has 1 fully saturated rings. The Balaban J connectivity index is 1.41. The number of aromatic nitrogens is 2. The Morgan fingerprint density at radius 2 is 2.12 bits per heavy atom. The molecule has 1 amide bonds. The third-order valence-electron chi connectivity index (χ3n) is 5.02. The molecule has 3 heterocycles. The summed E-state index contributed by atoms with van der Waals surface area (Å²) in [5.41, 5.74) is 0.375. The van der Waals surface area contributed by atoms with Crippen LogP contribution in [0, 0.1) is 5.82 Å². The van der Waals surface area contributed by atoms with Crippen molar-refractivity contribution < 1.29 is 9.18 Å². The van der Waals surface area contributed by atoms with E-state index in [4.69, 9.17) is 0 Å². The van der Waals surface area contributed by atoms with Gasteiger partial charge in [-0.2, -0.15) is 0 Å². The number of aryl methyl sites for hydroxylation is 1. The number of nitrogens with zero attached hydrogens (tertiary/aromatic N) is 3. The van der Waals surface area contributed by atoms with E-state index in [0.29, 0.717) is 24.6 Å². The molecule has 5 nitrogen and oxygen atoms in total. The molecule has 1 aromatic carbocycles. The highest BCUT2D eigenvalue weighted by Crippen LogP contribution is 2.27. The van der Waals surface area contributed by atoms with E-state index in [-0.39, 0.29) is 17.8 Å². The van der Waals surface area contributed by atoms with Crippen LogP contribution in [0.5, 0.6) is 0 Å². The molecule has 0 unspecified atom stereocenters. The first kappa shape index (κ1) is 15.3. The summed E-state index contributed by atoms with van der Waals surface area (Å²) in [5, 5.41) is 3.38. The van der Waals surface area contributed by atoms with Crippen LogP contribution in [0.1, 0.15) is 31.0 Å². The van der Waals surface area contributed by atoms with Gasteiger partial charge in [-0.15, -0.1) is 0 Å². The van der Waals surface area contributed by atoms with Crippen LogP contribution < -0.4 is 10.2 Å². The summed E-state index contributed by atoms with van der Waals surface area (Å²) in [7, 11) is 0. The van der Waals surface area contributed by atoms with Crippen molar-refractivity contribution in [3.63, 3.8) is 0 Å². The fourth-order valence-corrected chi connectivity index (χ4v) is 3.76. The van der Waals surface area contributed by atoms with Gasteiger partial charge < -0.3 is 14.8 Å². The molecule has 2 aliphatic heterocycles. The summed E-state index contributed by atoms with van der Waals surface area (Å²) in [6.07, 6.45) is 6.78. The highest BCUT2D eigenvalue weighted by atomic mass is 19.1. The van der Waals surface area contributed by atoms with Crippen molar-refractivity contribution in [1.82, 2.24) is 14.9 Å². The Morgan fingerprint density at radius 1 is 1.25 bits per heavy atom. The molecule has 2 aliphatic rings. The van der Waals surface area contributed by atoms with E-state index in [2.05, 4.69) is 14.9 Å². The molecule has 0 spiro atoms. The van der Waals surface area contributed by atoms with Gasteiger partial charge in [0.05, 0.1) is 11.7 Å². The highest BCUT2D eigenvalue weighted by Gasteiger charge is 2.34. The Labute approximate surface area is 140 Å². The van der Waals surface area contributed by atoms with Crippen molar-refractivity contribution in [1.29, 1.82) is 0 Å². The maximum absolute atomic E-state index is 13.9. The molecule has 2 aromatic rings. The van der Waals surface area contributed by atoms with Gasteiger partial charge in [-0.25, -0.2) is 9.37 Å². The number of benzene rings is 1. The predicted molar refractivity (Wildman–Crippen MR) is 89.4 cm³/mol. The topological polar surface area (TPSA) is 50.2 Å². The normalized spacial score (nSPS) is 23.5. The van der Waals surface area contributed by atoms with Crippen LogP contribution in [-0.4, -0.2) is 34.6 Å². The Kier molecular flexibility index (Phi) is 4.06. The second-order valence-corrected chi connectivity index (χ2v) is 6.51. The number of halogens is 1. The Hall–Kier alpha value is -2.21. The lowest BCUT2D eigenvalue weighted by Crippen LogP contribution is -2.41. The Morgan fingerprint density at radius 3 is 3.00 bits per heavy atom. The molecule has 126 valence electrons. The molecular weight excluding hydrogens is 307 g/mol. The molecule has 6 heteroatoms. The second-order valence-electron chi connectivity index (χ2n) is 6.51. The summed E-state index contributed by atoms with van der Waals surface area (Å²) >= 11 is 0. The smallest absolute Gasteiger partial charge is 0.244 e. The lowest BCUT2D eigenvalue weighted by Gasteiger charge is -2.25. The van der Waals surface area contributed by atoms with Crippen LogP contribution in [0.2, 0.25) is 0 Å². The quantitative estimate of drug-likeness (QED) is 0.937. The van der Waals surface area contributed by atoms with E-state index < -0.39 is 0 Å². The zero-order valence-electron chi connectivity index (χ0n) is 13.5. The third-order valence-corrected chi connectivity index (χ3v) is 5.02. The van der Waals surface area contributed by atoms with Crippen molar-refractivity contribution in [2.75, 3.05) is 18.0 Å². The van der Waals surface area contributed by atoms with E-state index in [0.717, 1.165) is 31.8 Å². The molecule has 0 bridgehead atoms. The molecule has 24 heavy (non-hydrogen) atoms. The van der Waals surface area contributed by atoms with Crippen molar-refractivity contribution in [2.24, 2.45) is 0 Å². The van der Waals surface area contributed by atoms with Crippen LogP contribution in [0.15, 0.2) is 36.7 Å². The standard InChI is InChI=1S/C18H21FN4O/c19-14-5-1-2-6-16(14)23-10-7-15(18(23)24)21-12-13-4-3-9-22-11-8-20-17(13)22/h1-2,5-6,8,11,13,15,21H,3-4,7,9-10,12H2/t13-,15+/m1/s1. The fourth-order valence-electron chi connectivity index (χ4n) is 3.76. The first-order chi connectivity index (χ1) is 11.7. The number of hydrogen-bond donors (Lipinski definition) is 1. The number of carbonyl (C=O) groups is 1.